The second-order valence-corrected chi connectivity index (χ2v) is 7.16. The summed E-state index contributed by atoms with van der Waals surface area (Å²) in [6.07, 6.45) is 1.58. The van der Waals surface area contributed by atoms with Gasteiger partial charge in [-0.2, -0.15) is 0 Å². The molecular formula is C19H13BrN2O2S. The van der Waals surface area contributed by atoms with E-state index >= 15 is 0 Å². The highest BCUT2D eigenvalue weighted by Crippen LogP contribution is 2.35. The average molecular weight is 413 g/mol. The first kappa shape index (κ1) is 16.1. The Bertz CT molecular complexity index is 1120. The molecule has 0 radical (unpaired) electrons. The standard InChI is InChI=1S/C19H13BrN2O2S/c1-24-13-8-6-12(7-9-13)22-11-21-17-15(10-25-18(17)19(22)23)14-4-2-3-5-16(14)20/h2-11H,1H3. The zero-order valence-corrected chi connectivity index (χ0v) is 15.7. The van der Waals surface area contributed by atoms with Crippen molar-refractivity contribution in [2.75, 3.05) is 7.11 Å². The molecule has 4 nitrogen and oxygen atoms in total. The molecule has 0 bridgehead atoms. The van der Waals surface area contributed by atoms with Crippen LogP contribution in [0.1, 0.15) is 0 Å². The first-order valence-corrected chi connectivity index (χ1v) is 9.24. The Morgan fingerprint density at radius 1 is 1.08 bits per heavy atom. The monoisotopic (exact) mass is 412 g/mol. The van der Waals surface area contributed by atoms with E-state index in [0.29, 0.717) is 4.70 Å². The van der Waals surface area contributed by atoms with E-state index in [4.69, 9.17) is 4.74 Å². The molecule has 124 valence electrons. The van der Waals surface area contributed by atoms with E-state index in [0.717, 1.165) is 32.6 Å². The minimum atomic E-state index is -0.0709. The number of hydrogen-bond acceptors (Lipinski definition) is 4. The highest BCUT2D eigenvalue weighted by Gasteiger charge is 2.14. The Balaban J connectivity index is 1.87. The Kier molecular flexibility index (Phi) is 4.15. The van der Waals surface area contributed by atoms with Crippen molar-refractivity contribution < 1.29 is 4.74 Å². The molecule has 0 atom stereocenters. The average Bonchev–Trinajstić information content (AvgIpc) is 3.07. The molecule has 2 heterocycles. The number of methoxy groups -OCH3 is 1. The predicted octanol–water partition coefficient (Wildman–Crippen LogP) is 4.89. The smallest absolute Gasteiger partial charge is 0.275 e. The molecule has 4 aromatic rings. The lowest BCUT2D eigenvalue weighted by molar-refractivity contribution is 0.414. The SMILES string of the molecule is COc1ccc(-n2cnc3c(-c4ccccc4Br)csc3c2=O)cc1. The van der Waals surface area contributed by atoms with Crippen LogP contribution >= 0.6 is 27.3 Å². The van der Waals surface area contributed by atoms with E-state index in [2.05, 4.69) is 20.9 Å². The molecule has 0 aliphatic carbocycles. The summed E-state index contributed by atoms with van der Waals surface area (Å²) in [4.78, 5) is 17.5. The van der Waals surface area contributed by atoms with Crippen molar-refractivity contribution in [3.63, 3.8) is 0 Å². The molecule has 0 N–H and O–H groups in total. The molecule has 0 saturated heterocycles. The minimum Gasteiger partial charge on any atom is -0.497 e. The van der Waals surface area contributed by atoms with Gasteiger partial charge in [0.2, 0.25) is 0 Å². The topological polar surface area (TPSA) is 44.1 Å². The zero-order chi connectivity index (χ0) is 17.4. The van der Waals surface area contributed by atoms with Crippen LogP contribution in [0, 0.1) is 0 Å². The second-order valence-electron chi connectivity index (χ2n) is 5.42. The number of hydrogen-bond donors (Lipinski definition) is 0. The molecule has 2 aromatic carbocycles. The maximum absolute atomic E-state index is 12.9. The van der Waals surface area contributed by atoms with Gasteiger partial charge in [-0.3, -0.25) is 9.36 Å². The molecule has 0 fully saturated rings. The first-order valence-electron chi connectivity index (χ1n) is 7.57. The fourth-order valence-electron chi connectivity index (χ4n) is 2.71. The summed E-state index contributed by atoms with van der Waals surface area (Å²) >= 11 is 4.99. The summed E-state index contributed by atoms with van der Waals surface area (Å²) < 4.78 is 8.35. The van der Waals surface area contributed by atoms with E-state index in [9.17, 15) is 4.79 Å². The van der Waals surface area contributed by atoms with Gasteiger partial charge in [0.25, 0.3) is 5.56 Å². The number of ether oxygens (including phenoxy) is 1. The molecule has 0 unspecified atom stereocenters. The Morgan fingerprint density at radius 3 is 2.56 bits per heavy atom. The molecule has 0 saturated carbocycles. The van der Waals surface area contributed by atoms with Gasteiger partial charge in [0.15, 0.2) is 0 Å². The summed E-state index contributed by atoms with van der Waals surface area (Å²) in [5, 5.41) is 1.98. The summed E-state index contributed by atoms with van der Waals surface area (Å²) in [5.74, 6) is 0.748. The lowest BCUT2D eigenvalue weighted by Crippen LogP contribution is -2.17. The van der Waals surface area contributed by atoms with Crippen LogP contribution in [0.4, 0.5) is 0 Å². The van der Waals surface area contributed by atoms with Crippen LogP contribution in [0.15, 0.2) is 69.5 Å². The summed E-state index contributed by atoms with van der Waals surface area (Å²) in [6.45, 7) is 0. The van der Waals surface area contributed by atoms with Crippen LogP contribution in [0.2, 0.25) is 0 Å². The Hall–Kier alpha value is -2.44. The lowest BCUT2D eigenvalue weighted by Gasteiger charge is -2.07. The number of rotatable bonds is 3. The van der Waals surface area contributed by atoms with Crippen molar-refractivity contribution in [1.82, 2.24) is 9.55 Å². The lowest BCUT2D eigenvalue weighted by atomic mass is 10.1. The summed E-state index contributed by atoms with van der Waals surface area (Å²) in [5.41, 5.74) is 3.41. The van der Waals surface area contributed by atoms with Crippen molar-refractivity contribution in [2.45, 2.75) is 0 Å². The number of aromatic nitrogens is 2. The van der Waals surface area contributed by atoms with Crippen LogP contribution < -0.4 is 10.3 Å². The first-order chi connectivity index (χ1) is 12.2. The largest absolute Gasteiger partial charge is 0.497 e. The van der Waals surface area contributed by atoms with Crippen LogP contribution in [0.3, 0.4) is 0 Å². The highest BCUT2D eigenvalue weighted by molar-refractivity contribution is 9.10. The zero-order valence-electron chi connectivity index (χ0n) is 13.3. The van der Waals surface area contributed by atoms with E-state index in [-0.39, 0.29) is 5.56 Å². The molecule has 0 aliphatic rings. The molecule has 0 aliphatic heterocycles. The van der Waals surface area contributed by atoms with Gasteiger partial charge >= 0.3 is 0 Å². The van der Waals surface area contributed by atoms with Crippen LogP contribution in [-0.4, -0.2) is 16.7 Å². The quantitative estimate of drug-likeness (QED) is 0.481. The molecule has 0 spiro atoms. The van der Waals surface area contributed by atoms with Crippen LogP contribution in [0.25, 0.3) is 27.0 Å². The van der Waals surface area contributed by atoms with Gasteiger partial charge in [0.1, 0.15) is 16.8 Å². The van der Waals surface area contributed by atoms with Gasteiger partial charge in [-0.05, 0) is 35.9 Å². The Labute approximate surface area is 156 Å². The summed E-state index contributed by atoms with van der Waals surface area (Å²) in [7, 11) is 1.61. The van der Waals surface area contributed by atoms with Gasteiger partial charge in [-0.15, -0.1) is 11.3 Å². The third-order valence-electron chi connectivity index (χ3n) is 3.99. The van der Waals surface area contributed by atoms with Gasteiger partial charge in [0.05, 0.1) is 18.3 Å². The molecule has 0 amide bonds. The van der Waals surface area contributed by atoms with E-state index in [1.54, 1.807) is 18.0 Å². The highest BCUT2D eigenvalue weighted by atomic mass is 79.9. The van der Waals surface area contributed by atoms with Crippen molar-refractivity contribution in [3.8, 4) is 22.6 Å². The van der Waals surface area contributed by atoms with Crippen LogP contribution in [-0.2, 0) is 0 Å². The van der Waals surface area contributed by atoms with Crippen LogP contribution in [0.5, 0.6) is 5.75 Å². The number of thiophene rings is 1. The second kappa shape index (κ2) is 6.46. The molecule has 2 aromatic heterocycles. The van der Waals surface area contributed by atoms with Gasteiger partial charge < -0.3 is 4.74 Å². The summed E-state index contributed by atoms with van der Waals surface area (Å²) in [6, 6.07) is 15.3. The van der Waals surface area contributed by atoms with Crippen molar-refractivity contribution in [3.05, 3.63) is 75.1 Å². The fourth-order valence-corrected chi connectivity index (χ4v) is 4.15. The van der Waals surface area contributed by atoms with Crippen molar-refractivity contribution in [1.29, 1.82) is 0 Å². The third-order valence-corrected chi connectivity index (χ3v) is 5.64. The molecule has 4 rings (SSSR count). The van der Waals surface area contributed by atoms with E-state index < -0.39 is 0 Å². The number of fused-ring (bicyclic) bond motifs is 1. The number of benzene rings is 2. The van der Waals surface area contributed by atoms with Crippen molar-refractivity contribution >= 4 is 37.5 Å². The van der Waals surface area contributed by atoms with E-state index in [1.165, 1.54) is 11.3 Å². The normalized spacial score (nSPS) is 11.0. The molecule has 25 heavy (non-hydrogen) atoms. The van der Waals surface area contributed by atoms with Gasteiger partial charge in [0, 0.05) is 15.4 Å². The maximum atomic E-state index is 12.9. The molecular weight excluding hydrogens is 400 g/mol. The number of halogens is 1. The maximum Gasteiger partial charge on any atom is 0.275 e. The van der Waals surface area contributed by atoms with E-state index in [1.807, 2.05) is 53.9 Å². The molecule has 6 heteroatoms. The third kappa shape index (κ3) is 2.77. The van der Waals surface area contributed by atoms with Crippen molar-refractivity contribution in [2.24, 2.45) is 0 Å². The Morgan fingerprint density at radius 2 is 1.84 bits per heavy atom. The minimum absolute atomic E-state index is 0.0709. The number of nitrogens with zero attached hydrogens (tertiary/aromatic N) is 2. The predicted molar refractivity (Wildman–Crippen MR) is 105 cm³/mol. The van der Waals surface area contributed by atoms with Gasteiger partial charge in [-0.1, -0.05) is 34.1 Å². The fraction of sp³-hybridized carbons (Fsp3) is 0.0526. The van der Waals surface area contributed by atoms with Gasteiger partial charge in [-0.25, -0.2) is 4.98 Å².